The SMILES string of the molecule is CCN1CCN(Cc2nc(C3CC3)c(C(C)(C)O)s2)CC1. The normalized spacial score (nSPS) is 21.9. The molecule has 1 aliphatic heterocycles. The number of hydrogen-bond donors (Lipinski definition) is 1. The number of nitrogens with zero attached hydrogens (tertiary/aromatic N) is 3. The van der Waals surface area contributed by atoms with Crippen LogP contribution < -0.4 is 0 Å². The molecule has 3 rings (SSSR count). The van der Waals surface area contributed by atoms with Crippen molar-refractivity contribution >= 4 is 11.3 Å². The van der Waals surface area contributed by atoms with Gasteiger partial charge in [0.05, 0.1) is 22.7 Å². The highest BCUT2D eigenvalue weighted by Gasteiger charge is 2.34. The number of thiazole rings is 1. The first-order chi connectivity index (χ1) is 9.97. The van der Waals surface area contributed by atoms with E-state index in [1.807, 2.05) is 13.8 Å². The Hall–Kier alpha value is -0.490. The van der Waals surface area contributed by atoms with Crippen molar-refractivity contribution in [1.29, 1.82) is 0 Å². The van der Waals surface area contributed by atoms with Gasteiger partial charge in [-0.3, -0.25) is 4.90 Å². The van der Waals surface area contributed by atoms with Crippen LogP contribution in [0.1, 0.15) is 55.1 Å². The zero-order valence-corrected chi connectivity index (χ0v) is 14.2. The second kappa shape index (κ2) is 5.95. The Morgan fingerprint density at radius 3 is 2.33 bits per heavy atom. The first kappa shape index (κ1) is 15.4. The van der Waals surface area contributed by atoms with Gasteiger partial charge in [0, 0.05) is 32.1 Å². The minimum absolute atomic E-state index is 0.605. The van der Waals surface area contributed by atoms with Crippen LogP contribution in [0.4, 0.5) is 0 Å². The molecule has 4 nitrogen and oxygen atoms in total. The van der Waals surface area contributed by atoms with Crippen LogP contribution >= 0.6 is 11.3 Å². The molecule has 0 radical (unpaired) electrons. The molecule has 1 aliphatic carbocycles. The van der Waals surface area contributed by atoms with Crippen molar-refractivity contribution in [3.05, 3.63) is 15.6 Å². The third-order valence-corrected chi connectivity index (χ3v) is 5.86. The van der Waals surface area contributed by atoms with Crippen LogP contribution in [0.15, 0.2) is 0 Å². The second-order valence-corrected chi connectivity index (χ2v) is 7.95. The number of hydrogen-bond acceptors (Lipinski definition) is 5. The van der Waals surface area contributed by atoms with Crippen molar-refractivity contribution in [2.75, 3.05) is 32.7 Å². The molecule has 1 aromatic heterocycles. The number of piperazine rings is 1. The molecule has 0 spiro atoms. The first-order valence-electron chi connectivity index (χ1n) is 8.14. The van der Waals surface area contributed by atoms with Gasteiger partial charge in [0.1, 0.15) is 5.01 Å². The van der Waals surface area contributed by atoms with Gasteiger partial charge in [0.15, 0.2) is 0 Å². The fourth-order valence-electron chi connectivity index (χ4n) is 2.97. The second-order valence-electron chi connectivity index (χ2n) is 6.87. The lowest BCUT2D eigenvalue weighted by molar-refractivity contribution is 0.0813. The molecule has 0 amide bonds. The zero-order valence-electron chi connectivity index (χ0n) is 13.4. The summed E-state index contributed by atoms with van der Waals surface area (Å²) < 4.78 is 0. The van der Waals surface area contributed by atoms with Crippen molar-refractivity contribution in [2.24, 2.45) is 0 Å². The van der Waals surface area contributed by atoms with Gasteiger partial charge < -0.3 is 10.0 Å². The van der Waals surface area contributed by atoms with Gasteiger partial charge in [0.25, 0.3) is 0 Å². The molecule has 0 atom stereocenters. The summed E-state index contributed by atoms with van der Waals surface area (Å²) in [6.07, 6.45) is 2.48. The predicted molar refractivity (Wildman–Crippen MR) is 86.7 cm³/mol. The summed E-state index contributed by atoms with van der Waals surface area (Å²) in [5, 5.41) is 11.6. The molecule has 0 aromatic carbocycles. The monoisotopic (exact) mass is 309 g/mol. The van der Waals surface area contributed by atoms with Crippen LogP contribution in [-0.4, -0.2) is 52.6 Å². The van der Waals surface area contributed by atoms with E-state index < -0.39 is 5.60 Å². The molecular formula is C16H27N3OS. The Balaban J connectivity index is 1.69. The van der Waals surface area contributed by atoms with Crippen LogP contribution in [0.5, 0.6) is 0 Å². The lowest BCUT2D eigenvalue weighted by Crippen LogP contribution is -2.45. The smallest absolute Gasteiger partial charge is 0.107 e. The average molecular weight is 309 g/mol. The van der Waals surface area contributed by atoms with E-state index in [0.29, 0.717) is 5.92 Å². The largest absolute Gasteiger partial charge is 0.385 e. The summed E-state index contributed by atoms with van der Waals surface area (Å²) in [5.41, 5.74) is 0.420. The lowest BCUT2D eigenvalue weighted by atomic mass is 10.0. The molecule has 5 heteroatoms. The molecule has 2 aliphatic rings. The van der Waals surface area contributed by atoms with Gasteiger partial charge in [-0.25, -0.2) is 4.98 Å². The van der Waals surface area contributed by atoms with Gasteiger partial charge in [-0.1, -0.05) is 6.92 Å². The maximum absolute atomic E-state index is 10.4. The highest BCUT2D eigenvalue weighted by atomic mass is 32.1. The predicted octanol–water partition coefficient (Wildman–Crippen LogP) is 2.39. The maximum Gasteiger partial charge on any atom is 0.107 e. The molecule has 1 N–H and O–H groups in total. The fraction of sp³-hybridized carbons (Fsp3) is 0.812. The van der Waals surface area contributed by atoms with E-state index in [0.717, 1.165) is 44.1 Å². The molecule has 0 bridgehead atoms. The van der Waals surface area contributed by atoms with Crippen LogP contribution in [0.3, 0.4) is 0 Å². The molecule has 118 valence electrons. The highest BCUT2D eigenvalue weighted by Crippen LogP contribution is 2.45. The number of aromatic nitrogens is 1. The summed E-state index contributed by atoms with van der Waals surface area (Å²) >= 11 is 1.72. The number of aliphatic hydroxyl groups is 1. The van der Waals surface area contributed by atoms with Gasteiger partial charge in [0.2, 0.25) is 0 Å². The van der Waals surface area contributed by atoms with Crippen molar-refractivity contribution in [3.63, 3.8) is 0 Å². The third kappa shape index (κ3) is 3.65. The van der Waals surface area contributed by atoms with E-state index in [-0.39, 0.29) is 0 Å². The van der Waals surface area contributed by atoms with E-state index in [1.165, 1.54) is 23.5 Å². The molecule has 21 heavy (non-hydrogen) atoms. The van der Waals surface area contributed by atoms with Crippen molar-refractivity contribution in [3.8, 4) is 0 Å². The van der Waals surface area contributed by atoms with E-state index in [2.05, 4.69) is 16.7 Å². The molecule has 0 unspecified atom stereocenters. The Bertz CT molecular complexity index is 482. The molecule has 1 saturated heterocycles. The summed E-state index contributed by atoms with van der Waals surface area (Å²) in [4.78, 5) is 11.0. The van der Waals surface area contributed by atoms with Crippen LogP contribution in [0, 0.1) is 0 Å². The van der Waals surface area contributed by atoms with Gasteiger partial charge in [-0.15, -0.1) is 11.3 Å². The van der Waals surface area contributed by atoms with Gasteiger partial charge in [-0.2, -0.15) is 0 Å². The van der Waals surface area contributed by atoms with E-state index in [4.69, 9.17) is 4.98 Å². The Kier molecular flexibility index (Phi) is 4.37. The molecule has 1 saturated carbocycles. The fourth-order valence-corrected chi connectivity index (χ4v) is 4.17. The van der Waals surface area contributed by atoms with E-state index in [9.17, 15) is 5.11 Å². The van der Waals surface area contributed by atoms with E-state index >= 15 is 0 Å². The number of likely N-dealkylation sites (N-methyl/N-ethyl adjacent to an activating group) is 1. The Labute approximate surface area is 131 Å². The summed E-state index contributed by atoms with van der Waals surface area (Å²) in [6, 6.07) is 0. The standard InChI is InChI=1S/C16H27N3OS/c1-4-18-7-9-19(10-8-18)11-13-17-14(12-5-6-12)15(21-13)16(2,3)20/h12,20H,4-11H2,1-3H3. The number of rotatable bonds is 5. The summed E-state index contributed by atoms with van der Waals surface area (Å²) in [5.74, 6) is 0.605. The summed E-state index contributed by atoms with van der Waals surface area (Å²) in [7, 11) is 0. The molecule has 2 fully saturated rings. The van der Waals surface area contributed by atoms with Crippen molar-refractivity contribution in [1.82, 2.24) is 14.8 Å². The first-order valence-corrected chi connectivity index (χ1v) is 8.96. The van der Waals surface area contributed by atoms with Gasteiger partial charge >= 0.3 is 0 Å². The topological polar surface area (TPSA) is 39.6 Å². The highest BCUT2D eigenvalue weighted by molar-refractivity contribution is 7.11. The average Bonchev–Trinajstić information content (AvgIpc) is 3.20. The zero-order chi connectivity index (χ0) is 15.0. The maximum atomic E-state index is 10.4. The lowest BCUT2D eigenvalue weighted by Gasteiger charge is -2.33. The van der Waals surface area contributed by atoms with Crippen LogP contribution in [-0.2, 0) is 12.1 Å². The quantitative estimate of drug-likeness (QED) is 0.906. The van der Waals surface area contributed by atoms with Crippen LogP contribution in [0.25, 0.3) is 0 Å². The van der Waals surface area contributed by atoms with Crippen LogP contribution in [0.2, 0.25) is 0 Å². The Morgan fingerprint density at radius 2 is 1.81 bits per heavy atom. The van der Waals surface area contributed by atoms with E-state index in [1.54, 1.807) is 11.3 Å². The third-order valence-electron chi connectivity index (χ3n) is 4.49. The minimum Gasteiger partial charge on any atom is -0.385 e. The van der Waals surface area contributed by atoms with Crippen molar-refractivity contribution < 1.29 is 5.11 Å². The summed E-state index contributed by atoms with van der Waals surface area (Å²) in [6.45, 7) is 12.7. The molecule has 1 aromatic rings. The molecular weight excluding hydrogens is 282 g/mol. The molecule has 2 heterocycles. The Morgan fingerprint density at radius 1 is 1.19 bits per heavy atom. The van der Waals surface area contributed by atoms with Gasteiger partial charge in [-0.05, 0) is 33.2 Å². The van der Waals surface area contributed by atoms with Crippen molar-refractivity contribution in [2.45, 2.75) is 51.7 Å². The minimum atomic E-state index is -0.755.